The van der Waals surface area contributed by atoms with E-state index in [4.69, 9.17) is 4.74 Å². The van der Waals surface area contributed by atoms with Gasteiger partial charge in [-0.3, -0.25) is 0 Å². The molecule has 1 aliphatic rings. The van der Waals surface area contributed by atoms with E-state index in [2.05, 4.69) is 30.8 Å². The summed E-state index contributed by atoms with van der Waals surface area (Å²) in [6, 6.07) is 7.49. The Hall–Kier alpha value is -2.88. The highest BCUT2D eigenvalue weighted by molar-refractivity contribution is 5.54. The Labute approximate surface area is 128 Å². The molecule has 0 bridgehead atoms. The minimum atomic E-state index is 0.559. The van der Waals surface area contributed by atoms with E-state index >= 15 is 0 Å². The Balaban J connectivity index is 1.71. The second kappa shape index (κ2) is 6.26. The molecule has 0 aliphatic carbocycles. The Bertz CT molecular complexity index is 690. The zero-order chi connectivity index (χ0) is 15.4. The smallest absolute Gasteiger partial charge is 0.228 e. The van der Waals surface area contributed by atoms with Gasteiger partial charge >= 0.3 is 0 Å². The molecule has 0 spiro atoms. The highest BCUT2D eigenvalue weighted by atomic mass is 16.5. The first kappa shape index (κ1) is 14.1. The van der Waals surface area contributed by atoms with Crippen LogP contribution in [0.15, 0.2) is 30.6 Å². The van der Waals surface area contributed by atoms with Crippen molar-refractivity contribution in [2.45, 2.75) is 0 Å². The summed E-state index contributed by atoms with van der Waals surface area (Å²) < 4.78 is 5.13. The van der Waals surface area contributed by atoms with Crippen molar-refractivity contribution in [2.24, 2.45) is 0 Å². The Morgan fingerprint density at radius 1 is 1.09 bits per heavy atom. The summed E-state index contributed by atoms with van der Waals surface area (Å²) in [6.45, 7) is 3.09. The molecular weight excluding hydrogens is 280 g/mol. The van der Waals surface area contributed by atoms with Gasteiger partial charge in [-0.05, 0) is 12.1 Å². The van der Waals surface area contributed by atoms with Crippen LogP contribution in [-0.4, -0.2) is 48.2 Å². The highest BCUT2D eigenvalue weighted by Gasteiger charge is 2.21. The molecule has 0 saturated carbocycles. The van der Waals surface area contributed by atoms with E-state index in [0.29, 0.717) is 17.4 Å². The van der Waals surface area contributed by atoms with Crippen LogP contribution in [0.5, 0.6) is 5.88 Å². The number of hydrogen-bond acceptors (Lipinski definition) is 7. The molecule has 0 unspecified atom stereocenters. The number of piperazine rings is 1. The quantitative estimate of drug-likeness (QED) is 0.838. The molecule has 112 valence electrons. The Morgan fingerprint density at radius 3 is 2.59 bits per heavy atom. The number of methoxy groups -OCH3 is 1. The van der Waals surface area contributed by atoms with Crippen LogP contribution in [0.1, 0.15) is 5.56 Å². The highest BCUT2D eigenvalue weighted by Crippen LogP contribution is 2.20. The van der Waals surface area contributed by atoms with Crippen LogP contribution < -0.4 is 14.5 Å². The normalized spacial score (nSPS) is 14.5. The third-order valence-corrected chi connectivity index (χ3v) is 3.60. The molecule has 0 atom stereocenters. The molecule has 3 heterocycles. The summed E-state index contributed by atoms with van der Waals surface area (Å²) in [5, 5.41) is 9.18. The Morgan fingerprint density at radius 2 is 1.86 bits per heavy atom. The van der Waals surface area contributed by atoms with Crippen LogP contribution in [0.25, 0.3) is 0 Å². The predicted molar refractivity (Wildman–Crippen MR) is 82.0 cm³/mol. The van der Waals surface area contributed by atoms with Crippen molar-refractivity contribution in [1.82, 2.24) is 15.0 Å². The first-order chi connectivity index (χ1) is 10.8. The molecule has 22 heavy (non-hydrogen) atoms. The van der Waals surface area contributed by atoms with Gasteiger partial charge in [0.1, 0.15) is 11.9 Å². The minimum Gasteiger partial charge on any atom is -0.481 e. The van der Waals surface area contributed by atoms with Crippen molar-refractivity contribution in [3.8, 4) is 11.9 Å². The molecule has 7 nitrogen and oxygen atoms in total. The number of nitriles is 1. The van der Waals surface area contributed by atoms with Crippen molar-refractivity contribution in [3.63, 3.8) is 0 Å². The molecule has 7 heteroatoms. The van der Waals surface area contributed by atoms with Crippen LogP contribution in [0, 0.1) is 11.3 Å². The topological polar surface area (TPSA) is 78.2 Å². The largest absolute Gasteiger partial charge is 0.481 e. The van der Waals surface area contributed by atoms with Gasteiger partial charge in [0.2, 0.25) is 11.8 Å². The molecule has 2 aromatic heterocycles. The molecule has 1 aliphatic heterocycles. The summed E-state index contributed by atoms with van der Waals surface area (Å²) in [6.07, 6.45) is 3.41. The molecule has 0 amide bonds. The summed E-state index contributed by atoms with van der Waals surface area (Å²) in [5.41, 5.74) is 0.605. The van der Waals surface area contributed by atoms with Gasteiger partial charge < -0.3 is 14.5 Å². The third kappa shape index (κ3) is 2.76. The predicted octanol–water partition coefficient (Wildman–Crippen LogP) is 1.08. The van der Waals surface area contributed by atoms with Crippen LogP contribution in [-0.2, 0) is 0 Å². The number of rotatable bonds is 3. The maximum absolute atomic E-state index is 9.18. The first-order valence-corrected chi connectivity index (χ1v) is 7.04. The third-order valence-electron chi connectivity index (χ3n) is 3.60. The standard InChI is InChI=1S/C15H16N6O/c1-22-13-4-6-18-15(19-13)21-9-7-20(8-10-21)14-12(11-16)3-2-5-17-14/h2-6H,7-10H2,1H3. The lowest BCUT2D eigenvalue weighted by Gasteiger charge is -2.35. The summed E-state index contributed by atoms with van der Waals surface area (Å²) >= 11 is 0. The van der Waals surface area contributed by atoms with Gasteiger partial charge in [0, 0.05) is 44.6 Å². The lowest BCUT2D eigenvalue weighted by molar-refractivity contribution is 0.396. The zero-order valence-corrected chi connectivity index (χ0v) is 12.3. The van der Waals surface area contributed by atoms with E-state index in [1.807, 2.05) is 0 Å². The molecule has 1 saturated heterocycles. The van der Waals surface area contributed by atoms with Gasteiger partial charge in [0.15, 0.2) is 0 Å². The van der Waals surface area contributed by atoms with E-state index in [-0.39, 0.29) is 0 Å². The molecule has 2 aromatic rings. The summed E-state index contributed by atoms with van der Waals surface area (Å²) in [7, 11) is 1.59. The monoisotopic (exact) mass is 296 g/mol. The number of hydrogen-bond donors (Lipinski definition) is 0. The van der Waals surface area contributed by atoms with Crippen molar-refractivity contribution in [1.29, 1.82) is 5.26 Å². The molecule has 3 rings (SSSR count). The van der Waals surface area contributed by atoms with Gasteiger partial charge in [0.05, 0.1) is 12.7 Å². The fraction of sp³-hybridized carbons (Fsp3) is 0.333. The number of pyridine rings is 1. The Kier molecular flexibility index (Phi) is 4.01. The maximum Gasteiger partial charge on any atom is 0.228 e. The SMILES string of the molecule is COc1ccnc(N2CCN(c3ncccc3C#N)CC2)n1. The van der Waals surface area contributed by atoms with E-state index in [9.17, 15) is 5.26 Å². The fourth-order valence-corrected chi connectivity index (χ4v) is 2.45. The van der Waals surface area contributed by atoms with Crippen molar-refractivity contribution >= 4 is 11.8 Å². The van der Waals surface area contributed by atoms with Crippen LogP contribution in [0.2, 0.25) is 0 Å². The molecule has 0 N–H and O–H groups in total. The molecule has 0 radical (unpaired) electrons. The van der Waals surface area contributed by atoms with Gasteiger partial charge in [-0.1, -0.05) is 0 Å². The van der Waals surface area contributed by atoms with E-state index in [1.165, 1.54) is 0 Å². The summed E-state index contributed by atoms with van der Waals surface area (Å²) in [5.74, 6) is 1.97. The minimum absolute atomic E-state index is 0.559. The van der Waals surface area contributed by atoms with Crippen molar-refractivity contribution < 1.29 is 4.74 Å². The van der Waals surface area contributed by atoms with Crippen LogP contribution >= 0.6 is 0 Å². The van der Waals surface area contributed by atoms with Crippen LogP contribution in [0.3, 0.4) is 0 Å². The van der Waals surface area contributed by atoms with E-state index < -0.39 is 0 Å². The summed E-state index contributed by atoms with van der Waals surface area (Å²) in [4.78, 5) is 17.2. The molecule has 0 aromatic carbocycles. The van der Waals surface area contributed by atoms with Crippen molar-refractivity contribution in [2.75, 3.05) is 43.1 Å². The molecular formula is C15H16N6O. The zero-order valence-electron chi connectivity index (χ0n) is 12.3. The van der Waals surface area contributed by atoms with Crippen LogP contribution in [0.4, 0.5) is 11.8 Å². The van der Waals surface area contributed by atoms with Gasteiger partial charge in [-0.25, -0.2) is 9.97 Å². The first-order valence-electron chi connectivity index (χ1n) is 7.04. The lowest BCUT2D eigenvalue weighted by Crippen LogP contribution is -2.47. The second-order valence-corrected chi connectivity index (χ2v) is 4.86. The average molecular weight is 296 g/mol. The number of ether oxygens (including phenoxy) is 1. The average Bonchev–Trinajstić information content (AvgIpc) is 2.62. The van der Waals surface area contributed by atoms with Gasteiger partial charge in [-0.2, -0.15) is 10.2 Å². The maximum atomic E-state index is 9.18. The second-order valence-electron chi connectivity index (χ2n) is 4.86. The van der Waals surface area contributed by atoms with Gasteiger partial charge in [-0.15, -0.1) is 0 Å². The van der Waals surface area contributed by atoms with Gasteiger partial charge in [0.25, 0.3) is 0 Å². The number of aromatic nitrogens is 3. The number of anilines is 2. The number of nitrogens with zero attached hydrogens (tertiary/aromatic N) is 6. The molecule has 1 fully saturated rings. The fourth-order valence-electron chi connectivity index (χ4n) is 2.45. The van der Waals surface area contributed by atoms with Crippen molar-refractivity contribution in [3.05, 3.63) is 36.2 Å². The van der Waals surface area contributed by atoms with E-state index in [1.54, 1.807) is 37.7 Å². The lowest BCUT2D eigenvalue weighted by atomic mass is 10.2. The van der Waals surface area contributed by atoms with E-state index in [0.717, 1.165) is 32.0 Å².